The Hall–Kier alpha value is -2.87. The molecule has 3 aromatic carbocycles. The minimum atomic E-state index is -0.846. The fraction of sp³-hybridized carbons (Fsp3) is 0.296. The minimum absolute atomic E-state index is 0.0117. The zero-order valence-corrected chi connectivity index (χ0v) is 20.5. The summed E-state index contributed by atoms with van der Waals surface area (Å²) in [6.45, 7) is 6.59. The van der Waals surface area contributed by atoms with E-state index >= 15 is 0 Å². The van der Waals surface area contributed by atoms with Gasteiger partial charge in [-0.15, -0.1) is 0 Å². The van der Waals surface area contributed by atoms with Crippen LogP contribution in [0.15, 0.2) is 83.8 Å². The normalized spacial score (nSPS) is 13.2. The number of amides is 1. The number of aliphatic hydroxyl groups is 1. The summed E-state index contributed by atoms with van der Waals surface area (Å²) in [5, 5.41) is 17.1. The summed E-state index contributed by atoms with van der Waals surface area (Å²) >= 11 is 1.57. The molecule has 180 valence electrons. The molecule has 1 amide bonds. The monoisotopic (exact) mass is 481 g/mol. The maximum absolute atomic E-state index is 13.2. The molecule has 0 radical (unpaired) electrons. The number of halogens is 1. The van der Waals surface area contributed by atoms with Gasteiger partial charge >= 0.3 is 0 Å². The van der Waals surface area contributed by atoms with E-state index in [0.29, 0.717) is 12.0 Å². The van der Waals surface area contributed by atoms with E-state index in [-0.39, 0.29) is 18.0 Å². The zero-order chi connectivity index (χ0) is 24.6. The molecule has 0 spiro atoms. The predicted molar refractivity (Wildman–Crippen MR) is 137 cm³/mol. The first kappa shape index (κ1) is 25.7. The van der Waals surface area contributed by atoms with Crippen LogP contribution in [-0.2, 0) is 6.42 Å². The molecule has 0 aliphatic rings. The van der Waals surface area contributed by atoms with Gasteiger partial charge in [-0.05, 0) is 93.2 Å². The number of aliphatic hydroxyl groups excluding tert-OH is 1. The molecule has 0 heterocycles. The second-order valence-electron chi connectivity index (χ2n) is 9.20. The lowest BCUT2D eigenvalue weighted by atomic mass is 10.0. The summed E-state index contributed by atoms with van der Waals surface area (Å²) in [6.07, 6.45) is -0.383. The Morgan fingerprint density at radius 3 is 2.24 bits per heavy atom. The fourth-order valence-electron chi connectivity index (χ4n) is 3.22. The van der Waals surface area contributed by atoms with Crippen LogP contribution in [0.4, 0.5) is 10.1 Å². The average Bonchev–Trinajstić information content (AvgIpc) is 2.82. The number of hydrogen-bond acceptors (Lipinski definition) is 5. The van der Waals surface area contributed by atoms with Crippen LogP contribution in [0.5, 0.6) is 0 Å². The van der Waals surface area contributed by atoms with E-state index in [9.17, 15) is 14.3 Å². The highest BCUT2D eigenvalue weighted by Crippen LogP contribution is 2.20. The molecule has 0 aliphatic heterocycles. The Bertz CT molecular complexity index is 1040. The molecule has 0 aliphatic carbocycles. The summed E-state index contributed by atoms with van der Waals surface area (Å²) in [6, 6.07) is 22.5. The first-order chi connectivity index (χ1) is 16.2. The summed E-state index contributed by atoms with van der Waals surface area (Å²) in [5.41, 5.74) is 2.23. The smallest absolute Gasteiger partial charge is 0.251 e. The third-order valence-electron chi connectivity index (χ3n) is 5.03. The van der Waals surface area contributed by atoms with Gasteiger partial charge in [-0.25, -0.2) is 4.39 Å². The first-order valence-corrected chi connectivity index (χ1v) is 12.1. The Kier molecular flexibility index (Phi) is 9.10. The third kappa shape index (κ3) is 8.48. The van der Waals surface area contributed by atoms with Crippen LogP contribution in [0.25, 0.3) is 0 Å². The molecule has 5 nitrogen and oxygen atoms in total. The molecule has 0 bridgehead atoms. The van der Waals surface area contributed by atoms with Gasteiger partial charge in [0.15, 0.2) is 0 Å². The van der Waals surface area contributed by atoms with Gasteiger partial charge in [0.05, 0.1) is 12.1 Å². The van der Waals surface area contributed by atoms with Gasteiger partial charge in [0, 0.05) is 28.2 Å². The van der Waals surface area contributed by atoms with Crippen LogP contribution >= 0.6 is 11.9 Å². The van der Waals surface area contributed by atoms with Crippen molar-refractivity contribution in [3.05, 3.63) is 95.8 Å². The van der Waals surface area contributed by atoms with Gasteiger partial charge in [0.2, 0.25) is 0 Å². The lowest BCUT2D eigenvalue weighted by Gasteiger charge is -2.25. The molecule has 0 saturated carbocycles. The zero-order valence-electron chi connectivity index (χ0n) is 19.7. The van der Waals surface area contributed by atoms with Gasteiger partial charge in [0.25, 0.3) is 5.91 Å². The van der Waals surface area contributed by atoms with Crippen LogP contribution in [0, 0.1) is 5.82 Å². The van der Waals surface area contributed by atoms with Crippen LogP contribution in [0.1, 0.15) is 36.7 Å². The highest BCUT2D eigenvalue weighted by atomic mass is 32.2. The largest absolute Gasteiger partial charge is 0.389 e. The van der Waals surface area contributed by atoms with Crippen molar-refractivity contribution in [2.75, 3.05) is 11.9 Å². The summed E-state index contributed by atoms with van der Waals surface area (Å²) in [4.78, 5) is 13.8. The summed E-state index contributed by atoms with van der Waals surface area (Å²) < 4.78 is 16.6. The van der Waals surface area contributed by atoms with Gasteiger partial charge in [-0.1, -0.05) is 30.3 Å². The highest BCUT2D eigenvalue weighted by molar-refractivity contribution is 7.97. The van der Waals surface area contributed by atoms with Crippen LogP contribution in [0.2, 0.25) is 0 Å². The first-order valence-electron chi connectivity index (χ1n) is 11.3. The lowest BCUT2D eigenvalue weighted by Crippen LogP contribution is -2.47. The number of benzene rings is 3. The number of carbonyl (C=O) groups excluding carboxylic acids is 1. The molecule has 3 aromatic rings. The average molecular weight is 482 g/mol. The van der Waals surface area contributed by atoms with E-state index in [1.54, 1.807) is 11.9 Å². The second-order valence-corrected chi connectivity index (χ2v) is 10.1. The van der Waals surface area contributed by atoms with Crippen molar-refractivity contribution < 1.29 is 14.3 Å². The number of carbonyl (C=O) groups is 1. The summed E-state index contributed by atoms with van der Waals surface area (Å²) in [7, 11) is 0. The van der Waals surface area contributed by atoms with Gasteiger partial charge < -0.3 is 15.7 Å². The Balaban J connectivity index is 1.63. The molecular weight excluding hydrogens is 449 g/mol. The van der Waals surface area contributed by atoms with Crippen LogP contribution in [-0.4, -0.2) is 35.2 Å². The molecule has 34 heavy (non-hydrogen) atoms. The molecule has 0 aromatic heterocycles. The molecule has 2 atom stereocenters. The third-order valence-corrected chi connectivity index (χ3v) is 6.25. The van der Waals surface area contributed by atoms with Crippen molar-refractivity contribution in [3.8, 4) is 0 Å². The van der Waals surface area contributed by atoms with Crippen molar-refractivity contribution in [2.24, 2.45) is 0 Å². The van der Waals surface area contributed by atoms with Gasteiger partial charge in [0.1, 0.15) is 5.82 Å². The van der Waals surface area contributed by atoms with E-state index in [4.69, 9.17) is 0 Å². The van der Waals surface area contributed by atoms with E-state index < -0.39 is 18.0 Å². The minimum Gasteiger partial charge on any atom is -0.389 e. The quantitative estimate of drug-likeness (QED) is 0.306. The van der Waals surface area contributed by atoms with Gasteiger partial charge in [-0.2, -0.15) is 0 Å². The van der Waals surface area contributed by atoms with Crippen molar-refractivity contribution >= 4 is 23.5 Å². The molecule has 0 saturated heterocycles. The van der Waals surface area contributed by atoms with Crippen LogP contribution in [0.3, 0.4) is 0 Å². The van der Waals surface area contributed by atoms with E-state index in [0.717, 1.165) is 16.1 Å². The van der Waals surface area contributed by atoms with Crippen molar-refractivity contribution in [2.45, 2.75) is 49.8 Å². The topological polar surface area (TPSA) is 73.4 Å². The summed E-state index contributed by atoms with van der Waals surface area (Å²) in [5.74, 6) is -0.757. The van der Waals surface area contributed by atoms with Crippen LogP contribution < -0.4 is 15.4 Å². The maximum atomic E-state index is 13.2. The Labute approximate surface area is 205 Å². The molecular formula is C27H32FN3O2S. The standard InChI is InChI=1S/C27H32FN3O2S/c1-27(2,3)31-34-23-15-13-22(14-16-23)29-18-25(32)24(17-19-7-5-4-6-8-19)30-26(33)20-9-11-21(28)12-10-20/h4-16,24-25,29,31-32H,17-18H2,1-3H3,(H,30,33). The number of nitrogens with one attached hydrogen (secondary N) is 3. The lowest BCUT2D eigenvalue weighted by molar-refractivity contribution is 0.0851. The Morgan fingerprint density at radius 1 is 0.971 bits per heavy atom. The molecule has 0 fully saturated rings. The number of hydrogen-bond donors (Lipinski definition) is 4. The number of anilines is 1. The number of rotatable bonds is 10. The van der Waals surface area contributed by atoms with Crippen molar-refractivity contribution in [3.63, 3.8) is 0 Å². The van der Waals surface area contributed by atoms with Crippen molar-refractivity contribution in [1.29, 1.82) is 0 Å². The second kappa shape index (κ2) is 12.0. The molecule has 7 heteroatoms. The fourth-order valence-corrected chi connectivity index (χ4v) is 3.92. The maximum Gasteiger partial charge on any atom is 0.251 e. The highest BCUT2D eigenvalue weighted by Gasteiger charge is 2.22. The predicted octanol–water partition coefficient (Wildman–Crippen LogP) is 5.04. The van der Waals surface area contributed by atoms with Crippen molar-refractivity contribution in [1.82, 2.24) is 10.0 Å². The van der Waals surface area contributed by atoms with E-state index in [1.807, 2.05) is 54.6 Å². The van der Waals surface area contributed by atoms with E-state index in [1.165, 1.54) is 24.3 Å². The Morgan fingerprint density at radius 2 is 1.62 bits per heavy atom. The van der Waals surface area contributed by atoms with Gasteiger partial charge in [-0.3, -0.25) is 9.52 Å². The molecule has 2 unspecified atom stereocenters. The SMILES string of the molecule is CC(C)(C)NSc1ccc(NCC(O)C(Cc2ccccc2)NC(=O)c2ccc(F)cc2)cc1. The molecule has 3 rings (SSSR count). The van der Waals surface area contributed by atoms with E-state index in [2.05, 4.69) is 36.1 Å². The molecule has 4 N–H and O–H groups in total.